The first-order chi connectivity index (χ1) is 10.7. The van der Waals surface area contributed by atoms with Gasteiger partial charge in [-0.15, -0.1) is 12.4 Å². The number of aryl methyl sites for hydroxylation is 1. The van der Waals surface area contributed by atoms with E-state index in [2.05, 4.69) is 27.9 Å². The summed E-state index contributed by atoms with van der Waals surface area (Å²) in [4.78, 5) is 15.5. The van der Waals surface area contributed by atoms with E-state index in [1.54, 1.807) is 0 Å². The van der Waals surface area contributed by atoms with Crippen molar-refractivity contribution >= 4 is 34.8 Å². The summed E-state index contributed by atoms with van der Waals surface area (Å²) < 4.78 is 0. The minimum Gasteiger partial charge on any atom is -0.355 e. The molecule has 1 saturated heterocycles. The molecule has 0 saturated carbocycles. The van der Waals surface area contributed by atoms with E-state index in [0.717, 1.165) is 35.8 Å². The van der Waals surface area contributed by atoms with Crippen LogP contribution in [0.25, 0.3) is 16.6 Å². The molecule has 124 valence electrons. The number of H-pyrrole nitrogens is 1. The fraction of sp³-hybridized carbons (Fsp3) is 0.556. The Bertz CT molecular complexity index is 741. The second-order valence-electron chi connectivity index (χ2n) is 6.70. The van der Waals surface area contributed by atoms with Crippen LogP contribution in [0.3, 0.4) is 0 Å². The number of nitrogens with one attached hydrogen (secondary N) is 1. The zero-order valence-corrected chi connectivity index (χ0v) is 14.8. The molecule has 0 atom stereocenters. The van der Waals surface area contributed by atoms with Crippen molar-refractivity contribution in [2.45, 2.75) is 52.4 Å². The van der Waals surface area contributed by atoms with Gasteiger partial charge in [-0.2, -0.15) is 0 Å². The van der Waals surface area contributed by atoms with Crippen molar-refractivity contribution in [3.05, 3.63) is 23.2 Å². The lowest BCUT2D eigenvalue weighted by atomic mass is 10.1. The number of nitrogens with zero attached hydrogens (tertiary/aromatic N) is 3. The van der Waals surface area contributed by atoms with Gasteiger partial charge in [0.2, 0.25) is 0 Å². The van der Waals surface area contributed by atoms with Gasteiger partial charge in [0, 0.05) is 18.8 Å². The van der Waals surface area contributed by atoms with E-state index in [0.29, 0.717) is 0 Å². The van der Waals surface area contributed by atoms with Crippen LogP contribution in [0, 0.1) is 6.92 Å². The SMILES string of the molecule is CC1=C(c2cc3nc(C)nc(N4CCCCC4)c3[nH]2)CCC1.Cl. The molecule has 1 aliphatic heterocycles. The molecule has 5 heteroatoms. The molecule has 2 aliphatic rings. The van der Waals surface area contributed by atoms with Crippen molar-refractivity contribution in [2.24, 2.45) is 0 Å². The van der Waals surface area contributed by atoms with E-state index in [1.165, 1.54) is 55.4 Å². The van der Waals surface area contributed by atoms with E-state index in [4.69, 9.17) is 4.98 Å². The molecule has 4 nitrogen and oxygen atoms in total. The maximum Gasteiger partial charge on any atom is 0.156 e. The summed E-state index contributed by atoms with van der Waals surface area (Å²) in [6.07, 6.45) is 7.56. The number of piperidine rings is 1. The van der Waals surface area contributed by atoms with Crippen molar-refractivity contribution in [3.8, 4) is 0 Å². The molecule has 1 aliphatic carbocycles. The smallest absolute Gasteiger partial charge is 0.156 e. The molecule has 0 bridgehead atoms. The van der Waals surface area contributed by atoms with Crippen LogP contribution in [0.2, 0.25) is 0 Å². The van der Waals surface area contributed by atoms with Gasteiger partial charge < -0.3 is 9.88 Å². The number of fused-ring (bicyclic) bond motifs is 1. The van der Waals surface area contributed by atoms with Gasteiger partial charge in [-0.1, -0.05) is 5.57 Å². The summed E-state index contributed by atoms with van der Waals surface area (Å²) in [5.74, 6) is 1.97. The van der Waals surface area contributed by atoms with Gasteiger partial charge in [0.15, 0.2) is 5.82 Å². The summed E-state index contributed by atoms with van der Waals surface area (Å²) in [5, 5.41) is 0. The molecule has 0 radical (unpaired) electrons. The fourth-order valence-corrected chi connectivity index (χ4v) is 3.87. The number of aromatic amines is 1. The highest BCUT2D eigenvalue weighted by Crippen LogP contribution is 2.35. The Balaban J connectivity index is 0.00000156. The third-order valence-electron chi connectivity index (χ3n) is 5.04. The quantitative estimate of drug-likeness (QED) is 0.871. The normalized spacial score (nSPS) is 18.6. The highest BCUT2D eigenvalue weighted by Gasteiger charge is 2.20. The molecule has 2 aromatic rings. The topological polar surface area (TPSA) is 44.8 Å². The number of halogens is 1. The zero-order chi connectivity index (χ0) is 15.1. The molecule has 0 spiro atoms. The Kier molecular flexibility index (Phi) is 4.62. The van der Waals surface area contributed by atoms with E-state index in [1.807, 2.05) is 6.92 Å². The van der Waals surface area contributed by atoms with Crippen LogP contribution in [-0.4, -0.2) is 28.0 Å². The Labute approximate surface area is 143 Å². The van der Waals surface area contributed by atoms with Gasteiger partial charge in [-0.25, -0.2) is 9.97 Å². The first-order valence-electron chi connectivity index (χ1n) is 8.53. The molecule has 0 amide bonds. The summed E-state index contributed by atoms with van der Waals surface area (Å²) in [5.41, 5.74) is 6.45. The summed E-state index contributed by atoms with van der Waals surface area (Å²) in [6.45, 7) is 6.49. The third kappa shape index (κ3) is 2.97. The van der Waals surface area contributed by atoms with E-state index < -0.39 is 0 Å². The number of hydrogen-bond donors (Lipinski definition) is 1. The van der Waals surface area contributed by atoms with Crippen molar-refractivity contribution in [1.29, 1.82) is 0 Å². The van der Waals surface area contributed by atoms with Crippen LogP contribution in [0.4, 0.5) is 5.82 Å². The predicted molar refractivity (Wildman–Crippen MR) is 98.4 cm³/mol. The molecule has 0 unspecified atom stereocenters. The van der Waals surface area contributed by atoms with Gasteiger partial charge in [-0.3, -0.25) is 0 Å². The maximum absolute atomic E-state index is 4.75. The summed E-state index contributed by atoms with van der Waals surface area (Å²) >= 11 is 0. The molecule has 1 fully saturated rings. The number of aromatic nitrogens is 3. The molecule has 2 aromatic heterocycles. The van der Waals surface area contributed by atoms with E-state index in [-0.39, 0.29) is 12.4 Å². The highest BCUT2D eigenvalue weighted by atomic mass is 35.5. The highest BCUT2D eigenvalue weighted by molar-refractivity contribution is 5.90. The molecule has 3 heterocycles. The van der Waals surface area contributed by atoms with Gasteiger partial charge in [-0.05, 0) is 64.0 Å². The maximum atomic E-state index is 4.75. The van der Waals surface area contributed by atoms with E-state index in [9.17, 15) is 0 Å². The summed E-state index contributed by atoms with van der Waals surface area (Å²) in [7, 11) is 0. The van der Waals surface area contributed by atoms with Gasteiger partial charge in [0.1, 0.15) is 11.3 Å². The lowest BCUT2D eigenvalue weighted by Crippen LogP contribution is -2.30. The molecular formula is C18H25ClN4. The molecule has 1 N–H and O–H groups in total. The lowest BCUT2D eigenvalue weighted by Gasteiger charge is -2.28. The largest absolute Gasteiger partial charge is 0.355 e. The lowest BCUT2D eigenvalue weighted by molar-refractivity contribution is 0.574. The number of anilines is 1. The minimum absolute atomic E-state index is 0. The van der Waals surface area contributed by atoms with Crippen LogP contribution >= 0.6 is 12.4 Å². The second-order valence-corrected chi connectivity index (χ2v) is 6.70. The van der Waals surface area contributed by atoms with Crippen LogP contribution in [-0.2, 0) is 0 Å². The minimum atomic E-state index is 0. The Hall–Kier alpha value is -1.55. The van der Waals surface area contributed by atoms with Crippen LogP contribution in [0.15, 0.2) is 11.6 Å². The first-order valence-corrected chi connectivity index (χ1v) is 8.53. The molecular weight excluding hydrogens is 308 g/mol. The van der Waals surface area contributed by atoms with Crippen molar-refractivity contribution < 1.29 is 0 Å². The fourth-order valence-electron chi connectivity index (χ4n) is 3.87. The van der Waals surface area contributed by atoms with Crippen LogP contribution < -0.4 is 4.90 Å². The number of hydrogen-bond acceptors (Lipinski definition) is 3. The Morgan fingerprint density at radius 3 is 2.48 bits per heavy atom. The monoisotopic (exact) mass is 332 g/mol. The van der Waals surface area contributed by atoms with Gasteiger partial charge in [0.25, 0.3) is 0 Å². The third-order valence-corrected chi connectivity index (χ3v) is 5.04. The van der Waals surface area contributed by atoms with Crippen molar-refractivity contribution in [2.75, 3.05) is 18.0 Å². The van der Waals surface area contributed by atoms with Gasteiger partial charge in [0.05, 0.1) is 5.52 Å². The number of allylic oxidation sites excluding steroid dienone is 2. The van der Waals surface area contributed by atoms with Crippen LogP contribution in [0.1, 0.15) is 57.0 Å². The Morgan fingerprint density at radius 2 is 1.78 bits per heavy atom. The predicted octanol–water partition coefficient (Wildman–Crippen LogP) is 4.64. The Morgan fingerprint density at radius 1 is 1.00 bits per heavy atom. The van der Waals surface area contributed by atoms with Gasteiger partial charge >= 0.3 is 0 Å². The van der Waals surface area contributed by atoms with Crippen molar-refractivity contribution in [1.82, 2.24) is 15.0 Å². The molecule has 4 rings (SSSR count). The zero-order valence-electron chi connectivity index (χ0n) is 14.0. The average Bonchev–Trinajstić information content (AvgIpc) is 3.12. The first kappa shape index (κ1) is 16.3. The van der Waals surface area contributed by atoms with E-state index >= 15 is 0 Å². The average molecular weight is 333 g/mol. The van der Waals surface area contributed by atoms with Crippen molar-refractivity contribution in [3.63, 3.8) is 0 Å². The molecule has 23 heavy (non-hydrogen) atoms. The standard InChI is InChI=1S/C18H24N4.ClH/c1-12-7-6-8-14(12)15-11-16-17(21-15)18(20-13(2)19-16)22-9-4-3-5-10-22;/h11,21H,3-10H2,1-2H3;1H. The van der Waals surface area contributed by atoms with Crippen LogP contribution in [0.5, 0.6) is 0 Å². The second kappa shape index (κ2) is 6.52. The number of rotatable bonds is 2. The molecule has 0 aromatic carbocycles. The summed E-state index contributed by atoms with van der Waals surface area (Å²) in [6, 6.07) is 2.22.